The first-order valence-corrected chi connectivity index (χ1v) is 6.23. The molecule has 0 saturated carbocycles. The molecule has 4 heteroatoms. The average molecular weight is 249 g/mol. The zero-order valence-electron chi connectivity index (χ0n) is 10.8. The predicted octanol–water partition coefficient (Wildman–Crippen LogP) is 1.54. The number of hydrogen-bond acceptors (Lipinski definition) is 3. The summed E-state index contributed by atoms with van der Waals surface area (Å²) in [7, 11) is 1.58. The van der Waals surface area contributed by atoms with Gasteiger partial charge in [0, 0.05) is 12.1 Å². The van der Waals surface area contributed by atoms with Crippen molar-refractivity contribution in [2.24, 2.45) is 5.92 Å². The summed E-state index contributed by atoms with van der Waals surface area (Å²) in [4.78, 5) is 14.2. The number of hydrogen-bond donors (Lipinski definition) is 1. The maximum absolute atomic E-state index is 12.4. The van der Waals surface area contributed by atoms with E-state index >= 15 is 0 Å². The topological polar surface area (TPSA) is 49.8 Å². The lowest BCUT2D eigenvalue weighted by Crippen LogP contribution is -2.39. The van der Waals surface area contributed by atoms with E-state index in [2.05, 4.69) is 6.92 Å². The van der Waals surface area contributed by atoms with Gasteiger partial charge in [0.25, 0.3) is 5.91 Å². The second kappa shape index (κ2) is 5.40. The van der Waals surface area contributed by atoms with E-state index in [-0.39, 0.29) is 18.6 Å². The number of ether oxygens (including phenoxy) is 1. The van der Waals surface area contributed by atoms with E-state index in [1.807, 2.05) is 6.07 Å². The predicted molar refractivity (Wildman–Crippen MR) is 68.7 cm³/mol. The monoisotopic (exact) mass is 249 g/mol. The molecule has 0 aromatic heterocycles. The maximum Gasteiger partial charge on any atom is 0.254 e. The highest BCUT2D eigenvalue weighted by Gasteiger charge is 2.34. The van der Waals surface area contributed by atoms with Crippen LogP contribution in [0.4, 0.5) is 0 Å². The molecule has 0 spiro atoms. The van der Waals surface area contributed by atoms with Crippen molar-refractivity contribution in [2.45, 2.75) is 19.4 Å². The Morgan fingerprint density at radius 1 is 1.56 bits per heavy atom. The largest absolute Gasteiger partial charge is 0.497 e. The normalized spacial score (nSPS) is 23.2. The molecule has 0 radical (unpaired) electrons. The number of methoxy groups -OCH3 is 1. The number of amides is 1. The van der Waals surface area contributed by atoms with E-state index in [1.54, 1.807) is 30.2 Å². The Hall–Kier alpha value is -1.55. The molecule has 1 saturated heterocycles. The van der Waals surface area contributed by atoms with Crippen LogP contribution in [0.15, 0.2) is 24.3 Å². The van der Waals surface area contributed by atoms with Crippen molar-refractivity contribution in [2.75, 3.05) is 20.3 Å². The first-order chi connectivity index (χ1) is 8.67. The Kier molecular flexibility index (Phi) is 3.87. The van der Waals surface area contributed by atoms with Gasteiger partial charge in [-0.3, -0.25) is 4.79 Å². The fourth-order valence-corrected chi connectivity index (χ4v) is 2.46. The van der Waals surface area contributed by atoms with Gasteiger partial charge in [0.1, 0.15) is 5.75 Å². The molecule has 18 heavy (non-hydrogen) atoms. The molecule has 98 valence electrons. The average Bonchev–Trinajstić information content (AvgIpc) is 2.79. The van der Waals surface area contributed by atoms with E-state index in [0.29, 0.717) is 23.8 Å². The van der Waals surface area contributed by atoms with E-state index in [4.69, 9.17) is 4.74 Å². The van der Waals surface area contributed by atoms with Gasteiger partial charge in [-0.25, -0.2) is 0 Å². The Morgan fingerprint density at radius 3 is 3.00 bits per heavy atom. The molecule has 1 aromatic carbocycles. The fourth-order valence-electron chi connectivity index (χ4n) is 2.46. The molecule has 1 aromatic rings. The van der Waals surface area contributed by atoms with Gasteiger partial charge in [0.05, 0.1) is 19.8 Å². The van der Waals surface area contributed by atoms with E-state index in [9.17, 15) is 9.90 Å². The number of carbonyl (C=O) groups is 1. The minimum Gasteiger partial charge on any atom is -0.497 e. The Morgan fingerprint density at radius 2 is 2.33 bits per heavy atom. The van der Waals surface area contributed by atoms with Gasteiger partial charge in [0.2, 0.25) is 0 Å². The zero-order valence-corrected chi connectivity index (χ0v) is 10.8. The van der Waals surface area contributed by atoms with Crippen LogP contribution in [0, 0.1) is 5.92 Å². The third-order valence-electron chi connectivity index (χ3n) is 3.65. The third kappa shape index (κ3) is 2.34. The van der Waals surface area contributed by atoms with E-state index in [0.717, 1.165) is 6.42 Å². The van der Waals surface area contributed by atoms with Crippen LogP contribution in [0.1, 0.15) is 23.7 Å². The number of aliphatic hydroxyl groups excluding tert-OH is 1. The van der Waals surface area contributed by atoms with Crippen LogP contribution in [0.2, 0.25) is 0 Å². The van der Waals surface area contributed by atoms with E-state index < -0.39 is 0 Å². The molecule has 1 aliphatic heterocycles. The zero-order chi connectivity index (χ0) is 13.1. The van der Waals surface area contributed by atoms with Crippen LogP contribution >= 0.6 is 0 Å². The second-order valence-corrected chi connectivity index (χ2v) is 4.75. The SMILES string of the molecule is COc1cccc(C(=O)N2CCC(C)C2CO)c1. The lowest BCUT2D eigenvalue weighted by atomic mass is 10.0. The summed E-state index contributed by atoms with van der Waals surface area (Å²) in [5.74, 6) is 0.996. The van der Waals surface area contributed by atoms with Crippen LogP contribution < -0.4 is 4.74 Å². The lowest BCUT2D eigenvalue weighted by molar-refractivity contribution is 0.0648. The minimum absolute atomic E-state index is 0.0247. The molecule has 0 bridgehead atoms. The van der Waals surface area contributed by atoms with Crippen molar-refractivity contribution in [3.05, 3.63) is 29.8 Å². The summed E-state index contributed by atoms with van der Waals surface area (Å²) in [6.07, 6.45) is 0.945. The summed E-state index contributed by atoms with van der Waals surface area (Å²) in [5, 5.41) is 9.38. The van der Waals surface area contributed by atoms with Gasteiger partial charge in [-0.05, 0) is 30.5 Å². The summed E-state index contributed by atoms with van der Waals surface area (Å²) >= 11 is 0. The highest BCUT2D eigenvalue weighted by atomic mass is 16.5. The lowest BCUT2D eigenvalue weighted by Gasteiger charge is -2.25. The molecule has 1 aliphatic rings. The van der Waals surface area contributed by atoms with Gasteiger partial charge in [-0.1, -0.05) is 13.0 Å². The molecule has 4 nitrogen and oxygen atoms in total. The van der Waals surface area contributed by atoms with Crippen LogP contribution in [-0.4, -0.2) is 42.2 Å². The number of benzene rings is 1. The Bertz CT molecular complexity index is 433. The van der Waals surface area contributed by atoms with Crippen molar-refractivity contribution in [1.29, 1.82) is 0 Å². The molecule has 1 amide bonds. The maximum atomic E-state index is 12.4. The van der Waals surface area contributed by atoms with Crippen molar-refractivity contribution in [3.8, 4) is 5.75 Å². The number of likely N-dealkylation sites (tertiary alicyclic amines) is 1. The van der Waals surface area contributed by atoms with Crippen molar-refractivity contribution in [3.63, 3.8) is 0 Å². The molecule has 1 heterocycles. The number of carbonyl (C=O) groups excluding carboxylic acids is 1. The molecule has 1 N–H and O–H groups in total. The van der Waals surface area contributed by atoms with Crippen LogP contribution in [0.25, 0.3) is 0 Å². The van der Waals surface area contributed by atoms with Crippen molar-refractivity contribution < 1.29 is 14.6 Å². The third-order valence-corrected chi connectivity index (χ3v) is 3.65. The highest BCUT2D eigenvalue weighted by Crippen LogP contribution is 2.26. The van der Waals surface area contributed by atoms with Crippen molar-refractivity contribution in [1.82, 2.24) is 4.90 Å². The second-order valence-electron chi connectivity index (χ2n) is 4.75. The molecule has 1 fully saturated rings. The van der Waals surface area contributed by atoms with Gasteiger partial charge >= 0.3 is 0 Å². The number of rotatable bonds is 3. The first-order valence-electron chi connectivity index (χ1n) is 6.23. The highest BCUT2D eigenvalue weighted by molar-refractivity contribution is 5.95. The number of aliphatic hydroxyl groups is 1. The minimum atomic E-state index is -0.0660. The first kappa shape index (κ1) is 12.9. The van der Waals surface area contributed by atoms with Gasteiger partial charge in [0.15, 0.2) is 0 Å². The summed E-state index contributed by atoms with van der Waals surface area (Å²) in [5.41, 5.74) is 0.613. The Labute approximate surface area is 107 Å². The van der Waals surface area contributed by atoms with Crippen LogP contribution in [0.3, 0.4) is 0 Å². The molecule has 2 unspecified atom stereocenters. The smallest absolute Gasteiger partial charge is 0.254 e. The fraction of sp³-hybridized carbons (Fsp3) is 0.500. The molecule has 0 aliphatic carbocycles. The number of nitrogens with zero attached hydrogens (tertiary/aromatic N) is 1. The van der Waals surface area contributed by atoms with Gasteiger partial charge in [-0.2, -0.15) is 0 Å². The summed E-state index contributed by atoms with van der Waals surface area (Å²) < 4.78 is 5.12. The van der Waals surface area contributed by atoms with Gasteiger partial charge in [-0.15, -0.1) is 0 Å². The molecular formula is C14H19NO3. The quantitative estimate of drug-likeness (QED) is 0.884. The summed E-state index contributed by atoms with van der Waals surface area (Å²) in [6, 6.07) is 7.07. The van der Waals surface area contributed by atoms with Crippen LogP contribution in [-0.2, 0) is 0 Å². The molecule has 2 atom stereocenters. The van der Waals surface area contributed by atoms with Crippen molar-refractivity contribution >= 4 is 5.91 Å². The standard InChI is InChI=1S/C14H19NO3/c1-10-6-7-15(13(10)9-16)14(17)11-4-3-5-12(8-11)18-2/h3-5,8,10,13,16H,6-7,9H2,1-2H3. The van der Waals surface area contributed by atoms with Gasteiger partial charge < -0.3 is 14.7 Å². The van der Waals surface area contributed by atoms with Crippen LogP contribution in [0.5, 0.6) is 5.75 Å². The molecular weight excluding hydrogens is 230 g/mol. The van der Waals surface area contributed by atoms with E-state index in [1.165, 1.54) is 0 Å². The summed E-state index contributed by atoms with van der Waals surface area (Å²) in [6.45, 7) is 2.80. The molecule has 2 rings (SSSR count). The Balaban J connectivity index is 2.20.